The van der Waals surface area contributed by atoms with Gasteiger partial charge in [0.1, 0.15) is 0 Å². The Morgan fingerprint density at radius 2 is 2.24 bits per heavy atom. The van der Waals surface area contributed by atoms with Crippen LogP contribution in [0.2, 0.25) is 0 Å². The van der Waals surface area contributed by atoms with E-state index in [1.807, 2.05) is 0 Å². The van der Waals surface area contributed by atoms with Gasteiger partial charge in [0.05, 0.1) is 19.5 Å². The predicted molar refractivity (Wildman–Crippen MR) is 61.9 cm³/mol. The highest BCUT2D eigenvalue weighted by atomic mass is 32.2. The third-order valence-corrected chi connectivity index (χ3v) is 4.90. The first kappa shape index (κ1) is 14.4. The predicted octanol–water partition coefficient (Wildman–Crippen LogP) is -0.274. The molecule has 1 rings (SSSR count). The molecule has 0 aromatic rings. The lowest BCUT2D eigenvalue weighted by atomic mass is 10.2. The highest BCUT2D eigenvalue weighted by molar-refractivity contribution is 7.89. The molecule has 17 heavy (non-hydrogen) atoms. The summed E-state index contributed by atoms with van der Waals surface area (Å²) >= 11 is 0. The molecule has 0 bridgehead atoms. The summed E-state index contributed by atoms with van der Waals surface area (Å²) < 4.78 is 29.7. The van der Waals surface area contributed by atoms with Crippen molar-refractivity contribution in [3.63, 3.8) is 0 Å². The van der Waals surface area contributed by atoms with Crippen LogP contribution in [0.1, 0.15) is 25.7 Å². The molecule has 0 aliphatic carbocycles. The van der Waals surface area contributed by atoms with E-state index in [9.17, 15) is 13.2 Å². The molecule has 1 unspecified atom stereocenters. The molecule has 100 valence electrons. The SMILES string of the molecule is COC(=O)CCCS(=O)(=O)N1CCCC1CO. The minimum atomic E-state index is -3.36. The molecule has 7 heteroatoms. The maximum absolute atomic E-state index is 11.9. The monoisotopic (exact) mass is 265 g/mol. The smallest absolute Gasteiger partial charge is 0.305 e. The minimum Gasteiger partial charge on any atom is -0.469 e. The molecular formula is C10H19NO5S. The molecule has 1 heterocycles. The molecular weight excluding hydrogens is 246 g/mol. The van der Waals surface area contributed by atoms with E-state index in [0.717, 1.165) is 6.42 Å². The Kier molecular flexibility index (Phi) is 5.35. The number of esters is 1. The van der Waals surface area contributed by atoms with E-state index in [2.05, 4.69) is 4.74 Å². The second kappa shape index (κ2) is 6.32. The van der Waals surface area contributed by atoms with Crippen molar-refractivity contribution in [3.8, 4) is 0 Å². The maximum atomic E-state index is 11.9. The lowest BCUT2D eigenvalue weighted by Gasteiger charge is -2.22. The molecule has 0 radical (unpaired) electrons. The van der Waals surface area contributed by atoms with Crippen LogP contribution in [0.3, 0.4) is 0 Å². The zero-order valence-corrected chi connectivity index (χ0v) is 10.8. The number of hydrogen-bond acceptors (Lipinski definition) is 5. The van der Waals surface area contributed by atoms with Gasteiger partial charge in [0.15, 0.2) is 0 Å². The number of aliphatic hydroxyl groups excluding tert-OH is 1. The minimum absolute atomic E-state index is 0.0708. The van der Waals surface area contributed by atoms with Gasteiger partial charge in [-0.25, -0.2) is 8.42 Å². The summed E-state index contributed by atoms with van der Waals surface area (Å²) in [6.45, 7) is 0.321. The zero-order chi connectivity index (χ0) is 12.9. The lowest BCUT2D eigenvalue weighted by Crippen LogP contribution is -2.39. The van der Waals surface area contributed by atoms with Crippen LogP contribution in [0.4, 0.5) is 0 Å². The molecule has 1 aliphatic heterocycles. The van der Waals surface area contributed by atoms with Gasteiger partial charge in [-0.05, 0) is 19.3 Å². The topological polar surface area (TPSA) is 83.9 Å². The first-order valence-electron chi connectivity index (χ1n) is 5.68. The number of carbonyl (C=O) groups is 1. The molecule has 6 nitrogen and oxygen atoms in total. The first-order valence-corrected chi connectivity index (χ1v) is 7.29. The van der Waals surface area contributed by atoms with E-state index in [-0.39, 0.29) is 31.2 Å². The number of ether oxygens (including phenoxy) is 1. The fraction of sp³-hybridized carbons (Fsp3) is 0.900. The van der Waals surface area contributed by atoms with Crippen LogP contribution in [0, 0.1) is 0 Å². The fourth-order valence-electron chi connectivity index (χ4n) is 1.98. The summed E-state index contributed by atoms with van der Waals surface area (Å²) in [4.78, 5) is 10.9. The Hall–Kier alpha value is -0.660. The van der Waals surface area contributed by atoms with Crippen LogP contribution in [0.15, 0.2) is 0 Å². The van der Waals surface area contributed by atoms with Crippen molar-refractivity contribution in [1.29, 1.82) is 0 Å². The van der Waals surface area contributed by atoms with Crippen molar-refractivity contribution in [2.45, 2.75) is 31.7 Å². The second-order valence-corrected chi connectivity index (χ2v) is 6.13. The van der Waals surface area contributed by atoms with Gasteiger partial charge in [-0.15, -0.1) is 0 Å². The van der Waals surface area contributed by atoms with Gasteiger partial charge < -0.3 is 9.84 Å². The summed E-state index contributed by atoms with van der Waals surface area (Å²) in [6, 6.07) is -0.293. The fourth-order valence-corrected chi connectivity index (χ4v) is 3.75. The molecule has 1 fully saturated rings. The number of sulfonamides is 1. The van der Waals surface area contributed by atoms with Gasteiger partial charge in [-0.1, -0.05) is 0 Å². The van der Waals surface area contributed by atoms with Gasteiger partial charge in [0, 0.05) is 19.0 Å². The average Bonchev–Trinajstić information content (AvgIpc) is 2.77. The van der Waals surface area contributed by atoms with Crippen molar-refractivity contribution >= 4 is 16.0 Å². The van der Waals surface area contributed by atoms with Crippen molar-refractivity contribution < 1.29 is 23.1 Å². The average molecular weight is 265 g/mol. The van der Waals surface area contributed by atoms with E-state index in [1.165, 1.54) is 11.4 Å². The van der Waals surface area contributed by atoms with Crippen LogP contribution in [0.25, 0.3) is 0 Å². The molecule has 1 saturated heterocycles. The molecule has 1 aliphatic rings. The van der Waals surface area contributed by atoms with Crippen LogP contribution >= 0.6 is 0 Å². The van der Waals surface area contributed by atoms with Gasteiger partial charge >= 0.3 is 5.97 Å². The summed E-state index contributed by atoms with van der Waals surface area (Å²) in [5.41, 5.74) is 0. The van der Waals surface area contributed by atoms with E-state index < -0.39 is 16.0 Å². The summed E-state index contributed by atoms with van der Waals surface area (Å²) in [5, 5.41) is 9.07. The van der Waals surface area contributed by atoms with Crippen LogP contribution in [-0.2, 0) is 19.6 Å². The largest absolute Gasteiger partial charge is 0.469 e. The maximum Gasteiger partial charge on any atom is 0.305 e. The van der Waals surface area contributed by atoms with E-state index in [4.69, 9.17) is 5.11 Å². The first-order chi connectivity index (χ1) is 8.01. The quantitative estimate of drug-likeness (QED) is 0.668. The van der Waals surface area contributed by atoms with E-state index in [1.54, 1.807) is 0 Å². The third-order valence-electron chi connectivity index (χ3n) is 2.90. The highest BCUT2D eigenvalue weighted by Crippen LogP contribution is 2.21. The lowest BCUT2D eigenvalue weighted by molar-refractivity contribution is -0.140. The van der Waals surface area contributed by atoms with Crippen molar-refractivity contribution in [3.05, 3.63) is 0 Å². The van der Waals surface area contributed by atoms with Crippen LogP contribution in [0.5, 0.6) is 0 Å². The molecule has 0 aromatic heterocycles. The number of hydrogen-bond donors (Lipinski definition) is 1. The third kappa shape index (κ3) is 3.93. The van der Waals surface area contributed by atoms with Crippen LogP contribution < -0.4 is 0 Å². The number of aliphatic hydroxyl groups is 1. The Balaban J connectivity index is 2.48. The van der Waals surface area contributed by atoms with Gasteiger partial charge in [0.2, 0.25) is 10.0 Å². The van der Waals surface area contributed by atoms with Gasteiger partial charge in [-0.3, -0.25) is 4.79 Å². The Bertz CT molecular complexity index is 354. The standard InChI is InChI=1S/C10H19NO5S/c1-16-10(13)5-3-7-17(14,15)11-6-2-4-9(11)8-12/h9,12H,2-8H2,1H3. The molecule has 1 N–H and O–H groups in total. The van der Waals surface area contributed by atoms with Crippen molar-refractivity contribution in [1.82, 2.24) is 4.31 Å². The Labute approximate surface area is 102 Å². The summed E-state index contributed by atoms with van der Waals surface area (Å²) in [6.07, 6.45) is 1.84. The zero-order valence-electron chi connectivity index (χ0n) is 9.96. The van der Waals surface area contributed by atoms with E-state index >= 15 is 0 Å². The second-order valence-electron chi connectivity index (χ2n) is 4.09. The molecule has 0 aromatic carbocycles. The summed E-state index contributed by atoms with van der Waals surface area (Å²) in [5.74, 6) is -0.473. The number of rotatable bonds is 6. The number of nitrogens with zero attached hydrogens (tertiary/aromatic N) is 1. The number of carbonyl (C=O) groups excluding carboxylic acids is 1. The molecule has 0 amide bonds. The van der Waals surface area contributed by atoms with Crippen LogP contribution in [-0.4, -0.2) is 55.9 Å². The Morgan fingerprint density at radius 1 is 1.53 bits per heavy atom. The highest BCUT2D eigenvalue weighted by Gasteiger charge is 2.33. The molecule has 1 atom stereocenters. The normalized spacial score (nSPS) is 21.6. The van der Waals surface area contributed by atoms with Gasteiger partial charge in [-0.2, -0.15) is 4.31 Å². The van der Waals surface area contributed by atoms with Gasteiger partial charge in [0.25, 0.3) is 0 Å². The van der Waals surface area contributed by atoms with E-state index in [0.29, 0.717) is 13.0 Å². The number of methoxy groups -OCH3 is 1. The van der Waals surface area contributed by atoms with Crippen molar-refractivity contribution in [2.24, 2.45) is 0 Å². The van der Waals surface area contributed by atoms with Crippen molar-refractivity contribution in [2.75, 3.05) is 26.0 Å². The molecule has 0 saturated carbocycles. The summed E-state index contributed by atoms with van der Waals surface area (Å²) in [7, 11) is -2.08. The molecule has 0 spiro atoms. The Morgan fingerprint density at radius 3 is 2.82 bits per heavy atom.